The molecular weight excluding hydrogens is 272 g/mol. The Morgan fingerprint density at radius 3 is 3.00 bits per heavy atom. The normalized spacial score (nSPS) is 10.1. The summed E-state index contributed by atoms with van der Waals surface area (Å²) in [6, 6.07) is 5.62. The first-order chi connectivity index (χ1) is 9.78. The number of hydrogen-bond donors (Lipinski definition) is 2. The van der Waals surface area contributed by atoms with Gasteiger partial charge >= 0.3 is 0 Å². The number of fused-ring (bicyclic) bond motifs is 1. The molecule has 0 amide bonds. The van der Waals surface area contributed by atoms with Crippen LogP contribution < -0.4 is 5.32 Å². The van der Waals surface area contributed by atoms with Crippen molar-refractivity contribution in [2.24, 2.45) is 0 Å². The third-order valence-corrected chi connectivity index (χ3v) is 3.29. The molecular formula is C15H11ClN4. The average molecular weight is 283 g/mol. The summed E-state index contributed by atoms with van der Waals surface area (Å²) in [5.41, 5.74) is 2.35. The predicted molar refractivity (Wildman–Crippen MR) is 80.9 cm³/mol. The van der Waals surface area contributed by atoms with Gasteiger partial charge < -0.3 is 10.3 Å². The Balaban J connectivity index is 2.00. The summed E-state index contributed by atoms with van der Waals surface area (Å²) in [5.74, 6) is 6.90. The molecule has 0 aliphatic rings. The third kappa shape index (κ3) is 2.31. The molecule has 0 atom stereocenters. The van der Waals surface area contributed by atoms with E-state index in [1.165, 1.54) is 0 Å². The fraction of sp³-hybridized carbons (Fsp3) is 0.0667. The van der Waals surface area contributed by atoms with Crippen molar-refractivity contribution in [1.29, 1.82) is 0 Å². The van der Waals surface area contributed by atoms with E-state index in [1.807, 2.05) is 31.4 Å². The number of halogens is 1. The van der Waals surface area contributed by atoms with Crippen LogP contribution >= 0.6 is 11.6 Å². The lowest BCUT2D eigenvalue weighted by molar-refractivity contribution is 1.28. The predicted octanol–water partition coefficient (Wildman–Crippen LogP) is 3.05. The van der Waals surface area contributed by atoms with Gasteiger partial charge in [0.2, 0.25) is 0 Å². The maximum atomic E-state index is 6.32. The van der Waals surface area contributed by atoms with Gasteiger partial charge in [0, 0.05) is 36.6 Å². The van der Waals surface area contributed by atoms with Crippen molar-refractivity contribution in [2.45, 2.75) is 0 Å². The topological polar surface area (TPSA) is 53.6 Å². The van der Waals surface area contributed by atoms with E-state index in [0.717, 1.165) is 22.4 Å². The number of pyridine rings is 2. The molecule has 0 radical (unpaired) electrons. The number of aromatic amines is 1. The fourth-order valence-corrected chi connectivity index (χ4v) is 2.10. The molecule has 0 aliphatic heterocycles. The van der Waals surface area contributed by atoms with Gasteiger partial charge in [0.25, 0.3) is 0 Å². The molecule has 2 N–H and O–H groups in total. The van der Waals surface area contributed by atoms with E-state index in [9.17, 15) is 0 Å². The van der Waals surface area contributed by atoms with Crippen LogP contribution in [0.3, 0.4) is 0 Å². The highest BCUT2D eigenvalue weighted by atomic mass is 35.5. The average Bonchev–Trinajstić information content (AvgIpc) is 2.96. The highest BCUT2D eigenvalue weighted by molar-refractivity contribution is 6.36. The highest BCUT2D eigenvalue weighted by Crippen LogP contribution is 2.24. The Kier molecular flexibility index (Phi) is 3.28. The van der Waals surface area contributed by atoms with Crippen LogP contribution in [0.4, 0.5) is 5.82 Å². The van der Waals surface area contributed by atoms with Crippen LogP contribution in [0, 0.1) is 11.8 Å². The molecule has 3 heterocycles. The fourth-order valence-electron chi connectivity index (χ4n) is 1.85. The summed E-state index contributed by atoms with van der Waals surface area (Å²) in [5, 5.41) is 4.47. The molecule has 0 aliphatic carbocycles. The zero-order valence-corrected chi connectivity index (χ0v) is 11.5. The standard InChI is InChI=1S/C15H11ClN4/c1-17-13-8-10(4-6-18-13)2-3-11-9-20-15-12(14(11)16)5-7-19-15/h4-9H,1H3,(H,17,18)(H,19,20). The van der Waals surface area contributed by atoms with Gasteiger partial charge in [-0.3, -0.25) is 0 Å². The summed E-state index contributed by atoms with van der Waals surface area (Å²) < 4.78 is 0. The molecule has 0 fully saturated rings. The molecule has 0 saturated carbocycles. The van der Waals surface area contributed by atoms with Crippen LogP contribution in [-0.2, 0) is 0 Å². The SMILES string of the molecule is CNc1cc(C#Cc2cnc3[nH]ccc3c2Cl)ccn1. The van der Waals surface area contributed by atoms with Gasteiger partial charge in [0.15, 0.2) is 0 Å². The largest absolute Gasteiger partial charge is 0.373 e. The van der Waals surface area contributed by atoms with E-state index in [-0.39, 0.29) is 0 Å². The van der Waals surface area contributed by atoms with Crippen LogP contribution in [0.1, 0.15) is 11.1 Å². The van der Waals surface area contributed by atoms with E-state index >= 15 is 0 Å². The van der Waals surface area contributed by atoms with Crippen molar-refractivity contribution >= 4 is 28.5 Å². The van der Waals surface area contributed by atoms with E-state index in [2.05, 4.69) is 32.1 Å². The molecule has 98 valence electrons. The summed E-state index contributed by atoms with van der Waals surface area (Å²) in [7, 11) is 1.82. The van der Waals surface area contributed by atoms with Gasteiger partial charge in [-0.05, 0) is 18.2 Å². The first kappa shape index (κ1) is 12.5. The number of aromatic nitrogens is 3. The van der Waals surface area contributed by atoms with Gasteiger partial charge in [-0.2, -0.15) is 0 Å². The van der Waals surface area contributed by atoms with E-state index in [1.54, 1.807) is 12.4 Å². The van der Waals surface area contributed by atoms with Crippen molar-refractivity contribution in [1.82, 2.24) is 15.0 Å². The summed E-state index contributed by atoms with van der Waals surface area (Å²) in [6.07, 6.45) is 5.20. The number of nitrogens with one attached hydrogen (secondary N) is 2. The van der Waals surface area contributed by atoms with Crippen molar-refractivity contribution in [3.8, 4) is 11.8 Å². The minimum atomic E-state index is 0.617. The van der Waals surface area contributed by atoms with Gasteiger partial charge in [0.1, 0.15) is 11.5 Å². The lowest BCUT2D eigenvalue weighted by atomic mass is 10.2. The number of hydrogen-bond acceptors (Lipinski definition) is 3. The van der Waals surface area contributed by atoms with Crippen LogP contribution in [0.15, 0.2) is 36.8 Å². The quantitative estimate of drug-likeness (QED) is 0.675. The van der Waals surface area contributed by atoms with E-state index in [0.29, 0.717) is 10.6 Å². The van der Waals surface area contributed by atoms with Crippen molar-refractivity contribution in [3.05, 3.63) is 52.9 Å². The van der Waals surface area contributed by atoms with Crippen molar-refractivity contribution < 1.29 is 0 Å². The molecule has 20 heavy (non-hydrogen) atoms. The minimum Gasteiger partial charge on any atom is -0.373 e. The first-order valence-corrected chi connectivity index (χ1v) is 6.43. The molecule has 3 rings (SSSR count). The lowest BCUT2D eigenvalue weighted by Gasteiger charge is -1.98. The molecule has 0 spiro atoms. The van der Waals surface area contributed by atoms with Gasteiger partial charge in [0.05, 0.1) is 10.6 Å². The smallest absolute Gasteiger partial charge is 0.138 e. The van der Waals surface area contributed by atoms with E-state index < -0.39 is 0 Å². The third-order valence-electron chi connectivity index (χ3n) is 2.88. The second-order valence-electron chi connectivity index (χ2n) is 4.16. The molecule has 5 heteroatoms. The molecule has 3 aromatic rings. The van der Waals surface area contributed by atoms with Crippen molar-refractivity contribution in [3.63, 3.8) is 0 Å². The Morgan fingerprint density at radius 2 is 2.15 bits per heavy atom. The molecule has 0 unspecified atom stereocenters. The molecule has 0 saturated heterocycles. The number of nitrogens with zero attached hydrogens (tertiary/aromatic N) is 2. The number of H-pyrrole nitrogens is 1. The summed E-state index contributed by atoms with van der Waals surface area (Å²) in [4.78, 5) is 11.4. The van der Waals surface area contributed by atoms with E-state index in [4.69, 9.17) is 11.6 Å². The summed E-state index contributed by atoms with van der Waals surface area (Å²) in [6.45, 7) is 0. The van der Waals surface area contributed by atoms with Crippen LogP contribution in [0.25, 0.3) is 11.0 Å². The second-order valence-corrected chi connectivity index (χ2v) is 4.53. The molecule has 3 aromatic heterocycles. The lowest BCUT2D eigenvalue weighted by Crippen LogP contribution is -1.91. The van der Waals surface area contributed by atoms with Gasteiger partial charge in [-0.15, -0.1) is 0 Å². The van der Waals surface area contributed by atoms with Crippen LogP contribution in [0.5, 0.6) is 0 Å². The zero-order chi connectivity index (χ0) is 13.9. The van der Waals surface area contributed by atoms with Crippen molar-refractivity contribution in [2.75, 3.05) is 12.4 Å². The molecule has 4 nitrogen and oxygen atoms in total. The second kappa shape index (κ2) is 5.24. The Morgan fingerprint density at radius 1 is 1.25 bits per heavy atom. The van der Waals surface area contributed by atoms with Gasteiger partial charge in [-0.25, -0.2) is 9.97 Å². The maximum Gasteiger partial charge on any atom is 0.138 e. The summed E-state index contributed by atoms with van der Waals surface area (Å²) >= 11 is 6.32. The van der Waals surface area contributed by atoms with Crippen LogP contribution in [-0.4, -0.2) is 22.0 Å². The molecule has 0 bridgehead atoms. The first-order valence-electron chi connectivity index (χ1n) is 6.05. The Bertz CT molecular complexity index is 826. The molecule has 0 aromatic carbocycles. The number of anilines is 1. The minimum absolute atomic E-state index is 0.617. The Hall–Kier alpha value is -2.51. The van der Waals surface area contributed by atoms with Crippen LogP contribution in [0.2, 0.25) is 5.02 Å². The maximum absolute atomic E-state index is 6.32. The Labute approximate surface area is 121 Å². The highest BCUT2D eigenvalue weighted by Gasteiger charge is 2.05. The number of rotatable bonds is 1. The zero-order valence-electron chi connectivity index (χ0n) is 10.7. The monoisotopic (exact) mass is 282 g/mol. The van der Waals surface area contributed by atoms with Gasteiger partial charge in [-0.1, -0.05) is 23.4 Å².